The van der Waals surface area contributed by atoms with Gasteiger partial charge in [-0.15, -0.1) is 0 Å². The highest BCUT2D eigenvalue weighted by molar-refractivity contribution is 7.47. The van der Waals surface area contributed by atoms with Gasteiger partial charge in [-0.2, -0.15) is 0 Å². The molecule has 12 nitrogen and oxygen atoms in total. The number of aliphatic hydroxyl groups is 5. The topological polar surface area (TPSA) is 192 Å². The third kappa shape index (κ3) is 27.6. The summed E-state index contributed by atoms with van der Waals surface area (Å²) < 4.78 is 34.1. The molecule has 0 bridgehead atoms. The fraction of sp³-hybridized carbons (Fsp3) is 0.795. The molecule has 332 valence electrons. The summed E-state index contributed by atoms with van der Waals surface area (Å²) in [6, 6.07) is 0. The van der Waals surface area contributed by atoms with Crippen LogP contribution in [-0.4, -0.2) is 98.9 Å². The van der Waals surface area contributed by atoms with Crippen molar-refractivity contribution in [3.63, 3.8) is 0 Å². The number of phosphoric acid groups is 1. The Labute approximate surface area is 344 Å². The summed E-state index contributed by atoms with van der Waals surface area (Å²) in [6.07, 6.45) is 29.0. The number of unbranched alkanes of at least 4 members (excludes halogenated alkanes) is 16. The molecule has 0 aromatic rings. The summed E-state index contributed by atoms with van der Waals surface area (Å²) >= 11 is 0. The number of ether oxygens (including phenoxy) is 2. The van der Waals surface area contributed by atoms with Crippen LogP contribution in [0.3, 0.4) is 0 Å². The first-order chi connectivity index (χ1) is 27.5. The number of hydrogen-bond acceptors (Lipinski definition) is 11. The van der Waals surface area contributed by atoms with Crippen molar-refractivity contribution in [1.82, 2.24) is 0 Å². The summed E-state index contributed by atoms with van der Waals surface area (Å²) in [6.45, 7) is 4.06. The monoisotopic (exact) mass is 831 g/mol. The van der Waals surface area contributed by atoms with Gasteiger partial charge in [0, 0.05) is 13.0 Å². The highest BCUT2D eigenvalue weighted by atomic mass is 31.2. The van der Waals surface area contributed by atoms with E-state index in [1.807, 2.05) is 0 Å². The van der Waals surface area contributed by atoms with Crippen molar-refractivity contribution < 1.29 is 58.3 Å². The van der Waals surface area contributed by atoms with Crippen LogP contribution in [0.1, 0.15) is 162 Å². The molecule has 0 spiro atoms. The molecule has 6 N–H and O–H groups in total. The highest BCUT2D eigenvalue weighted by Gasteiger charge is 2.51. The Kier molecular flexibility index (Phi) is 32.8. The Morgan fingerprint density at radius 2 is 1.04 bits per heavy atom. The maximum absolute atomic E-state index is 12.8. The van der Waals surface area contributed by atoms with E-state index in [2.05, 4.69) is 62.5 Å². The van der Waals surface area contributed by atoms with Crippen molar-refractivity contribution in [3.8, 4) is 0 Å². The molecule has 57 heavy (non-hydrogen) atoms. The molecule has 0 aromatic carbocycles. The zero-order chi connectivity index (χ0) is 42.0. The lowest BCUT2D eigenvalue weighted by atomic mass is 9.85. The van der Waals surface area contributed by atoms with E-state index in [9.17, 15) is 39.8 Å². The Hall–Kier alpha value is -1.70. The second-order valence-electron chi connectivity index (χ2n) is 15.2. The first-order valence-electron chi connectivity index (χ1n) is 22.0. The lowest BCUT2D eigenvalue weighted by Gasteiger charge is -2.41. The molecular weight excluding hydrogens is 751 g/mol. The van der Waals surface area contributed by atoms with Crippen molar-refractivity contribution in [2.24, 2.45) is 0 Å². The largest absolute Gasteiger partial charge is 0.472 e. The standard InChI is InChI=1S/C44H79O12P/c1-3-5-7-9-11-13-15-17-19-20-22-24-26-28-30-32-34-53-35-37(36-54-57(51,52)56-44-42(49)40(47)39(46)41(48)43(44)50)55-38(45)33-31-29-27-25-23-21-18-16-14-12-10-8-6-4-2/h5,7,11,13,17,19,22,24,37,39-44,46-50H,3-4,6,8-10,12,14-16,18,20-21,23,25-36H2,1-2H3,(H,51,52)/b7-5-,13-11-,19-17-,24-22-. The number of esters is 1. The summed E-state index contributed by atoms with van der Waals surface area (Å²) in [5.41, 5.74) is 0. The molecule has 6 atom stereocenters. The van der Waals surface area contributed by atoms with Crippen LogP contribution < -0.4 is 0 Å². The summed E-state index contributed by atoms with van der Waals surface area (Å²) in [5.74, 6) is -0.490. The molecule has 13 heteroatoms. The summed E-state index contributed by atoms with van der Waals surface area (Å²) in [5, 5.41) is 50.1. The van der Waals surface area contributed by atoms with Gasteiger partial charge < -0.3 is 39.9 Å². The van der Waals surface area contributed by atoms with Crippen LogP contribution in [0.2, 0.25) is 0 Å². The molecule has 1 aliphatic carbocycles. The van der Waals surface area contributed by atoms with Gasteiger partial charge in [-0.05, 0) is 51.4 Å². The zero-order valence-corrected chi connectivity index (χ0v) is 36.0. The quantitative estimate of drug-likeness (QED) is 0.0153. The number of allylic oxidation sites excluding steroid dienone is 8. The fourth-order valence-electron chi connectivity index (χ4n) is 6.46. The highest BCUT2D eigenvalue weighted by Crippen LogP contribution is 2.47. The lowest BCUT2D eigenvalue weighted by molar-refractivity contribution is -0.220. The molecule has 1 aliphatic rings. The Balaban J connectivity index is 2.45. The Morgan fingerprint density at radius 1 is 0.579 bits per heavy atom. The zero-order valence-electron chi connectivity index (χ0n) is 35.1. The maximum Gasteiger partial charge on any atom is 0.472 e. The van der Waals surface area contributed by atoms with Gasteiger partial charge in [0.05, 0.1) is 13.2 Å². The SMILES string of the molecule is CC/C=C\C/C=C\C/C=C\C/C=C\CCCCCOCC(COP(=O)(O)OC1C(O)C(O)C(O)C(O)C1O)OC(=O)CCCCCCCCCCCCCCCC. The van der Waals surface area contributed by atoms with Crippen LogP contribution in [0, 0.1) is 0 Å². The van der Waals surface area contributed by atoms with Gasteiger partial charge in [0.2, 0.25) is 0 Å². The third-order valence-corrected chi connectivity index (χ3v) is 11.0. The Morgan fingerprint density at radius 3 is 1.56 bits per heavy atom. The van der Waals surface area contributed by atoms with Crippen LogP contribution >= 0.6 is 7.82 Å². The molecule has 0 heterocycles. The average Bonchev–Trinajstić information content (AvgIpc) is 3.19. The molecule has 6 unspecified atom stereocenters. The van der Waals surface area contributed by atoms with Crippen molar-refractivity contribution in [2.75, 3.05) is 19.8 Å². The third-order valence-electron chi connectivity index (χ3n) is 9.97. The van der Waals surface area contributed by atoms with E-state index in [1.165, 1.54) is 64.2 Å². The predicted molar refractivity (Wildman–Crippen MR) is 225 cm³/mol. The number of carbonyl (C=O) groups is 1. The van der Waals surface area contributed by atoms with E-state index in [-0.39, 0.29) is 13.0 Å². The molecule has 0 aliphatic heterocycles. The van der Waals surface area contributed by atoms with E-state index in [0.29, 0.717) is 13.0 Å². The van der Waals surface area contributed by atoms with Gasteiger partial charge in [0.15, 0.2) is 0 Å². The number of phosphoric ester groups is 1. The van der Waals surface area contributed by atoms with E-state index < -0.39 is 63.1 Å². The minimum atomic E-state index is -5.02. The van der Waals surface area contributed by atoms with Crippen LogP contribution in [0.4, 0.5) is 0 Å². The maximum atomic E-state index is 12.8. The van der Waals surface area contributed by atoms with Gasteiger partial charge >= 0.3 is 13.8 Å². The van der Waals surface area contributed by atoms with Gasteiger partial charge in [-0.3, -0.25) is 13.8 Å². The minimum Gasteiger partial charge on any atom is -0.457 e. The molecule has 1 rings (SSSR count). The fourth-order valence-corrected chi connectivity index (χ4v) is 7.44. The summed E-state index contributed by atoms with van der Waals surface area (Å²) in [4.78, 5) is 23.1. The lowest BCUT2D eigenvalue weighted by Crippen LogP contribution is -2.64. The Bertz CT molecular complexity index is 1130. The van der Waals surface area contributed by atoms with E-state index in [4.69, 9.17) is 18.5 Å². The minimum absolute atomic E-state index is 0.0976. The van der Waals surface area contributed by atoms with Crippen molar-refractivity contribution >= 4 is 13.8 Å². The van der Waals surface area contributed by atoms with Crippen LogP contribution in [0.25, 0.3) is 0 Å². The molecule has 0 amide bonds. The van der Waals surface area contributed by atoms with E-state index >= 15 is 0 Å². The predicted octanol–water partition coefficient (Wildman–Crippen LogP) is 8.47. The number of rotatable bonds is 36. The first-order valence-corrected chi connectivity index (χ1v) is 23.5. The van der Waals surface area contributed by atoms with Gasteiger partial charge in [-0.1, -0.05) is 152 Å². The van der Waals surface area contributed by atoms with Gasteiger partial charge in [-0.25, -0.2) is 4.57 Å². The van der Waals surface area contributed by atoms with Crippen molar-refractivity contribution in [1.29, 1.82) is 0 Å². The van der Waals surface area contributed by atoms with Crippen LogP contribution in [0.5, 0.6) is 0 Å². The number of carbonyl (C=O) groups excluding carboxylic acids is 1. The number of hydrogen-bond donors (Lipinski definition) is 6. The van der Waals surface area contributed by atoms with E-state index in [0.717, 1.165) is 70.6 Å². The summed E-state index contributed by atoms with van der Waals surface area (Å²) in [7, 11) is -5.02. The molecule has 0 radical (unpaired) electrons. The van der Waals surface area contributed by atoms with Crippen molar-refractivity contribution in [2.45, 2.75) is 204 Å². The first kappa shape index (κ1) is 53.3. The smallest absolute Gasteiger partial charge is 0.457 e. The molecular formula is C44H79O12P. The second kappa shape index (κ2) is 35.1. The van der Waals surface area contributed by atoms with Gasteiger partial charge in [0.25, 0.3) is 0 Å². The normalized spacial score (nSPS) is 23.3. The van der Waals surface area contributed by atoms with E-state index in [1.54, 1.807) is 0 Å². The molecule has 1 saturated carbocycles. The molecule has 0 saturated heterocycles. The average molecular weight is 831 g/mol. The van der Waals surface area contributed by atoms with Crippen LogP contribution in [-0.2, 0) is 27.9 Å². The molecule has 0 aromatic heterocycles. The van der Waals surface area contributed by atoms with Gasteiger partial charge in [0.1, 0.15) is 42.7 Å². The second-order valence-corrected chi connectivity index (χ2v) is 16.6. The number of aliphatic hydroxyl groups excluding tert-OH is 5. The van der Waals surface area contributed by atoms with Crippen molar-refractivity contribution in [3.05, 3.63) is 48.6 Å². The van der Waals surface area contributed by atoms with Crippen LogP contribution in [0.15, 0.2) is 48.6 Å². The molecule has 1 fully saturated rings.